The Morgan fingerprint density at radius 1 is 1.29 bits per heavy atom. The minimum absolute atomic E-state index is 0.111. The van der Waals surface area contributed by atoms with Gasteiger partial charge in [-0.3, -0.25) is 4.79 Å². The van der Waals surface area contributed by atoms with Gasteiger partial charge in [0.05, 0.1) is 16.9 Å². The van der Waals surface area contributed by atoms with Crippen LogP contribution in [0.2, 0.25) is 0 Å². The second-order valence-electron chi connectivity index (χ2n) is 5.46. The van der Waals surface area contributed by atoms with Crippen LogP contribution in [0.5, 0.6) is 0 Å². The summed E-state index contributed by atoms with van der Waals surface area (Å²) in [5, 5.41) is 18.7. The van der Waals surface area contributed by atoms with Gasteiger partial charge in [0, 0.05) is 13.1 Å². The van der Waals surface area contributed by atoms with Crippen LogP contribution in [0.3, 0.4) is 0 Å². The van der Waals surface area contributed by atoms with Crippen molar-refractivity contribution in [2.24, 2.45) is 0 Å². The maximum absolute atomic E-state index is 12.3. The lowest BCUT2D eigenvalue weighted by atomic mass is 9.92. The van der Waals surface area contributed by atoms with Gasteiger partial charge >= 0.3 is 5.97 Å². The molecule has 0 aromatic heterocycles. The lowest BCUT2D eigenvalue weighted by molar-refractivity contribution is -0.136. The van der Waals surface area contributed by atoms with Gasteiger partial charge in [-0.2, -0.15) is 4.31 Å². The molecule has 0 bridgehead atoms. The summed E-state index contributed by atoms with van der Waals surface area (Å²) in [5.74, 6) is -0.960. The maximum atomic E-state index is 12.3. The normalized spacial score (nSPS) is 18.2. The van der Waals surface area contributed by atoms with E-state index < -0.39 is 21.6 Å². The van der Waals surface area contributed by atoms with E-state index in [2.05, 4.69) is 0 Å². The SMILES string of the molecule is CCCC1(O)CN(S(=O)(=O)c2ccc(CC(=O)O)cc2)C1. The van der Waals surface area contributed by atoms with Gasteiger partial charge in [-0.25, -0.2) is 8.42 Å². The molecule has 6 nitrogen and oxygen atoms in total. The van der Waals surface area contributed by atoms with Crippen LogP contribution in [0.25, 0.3) is 0 Å². The van der Waals surface area contributed by atoms with Crippen molar-refractivity contribution in [1.29, 1.82) is 0 Å². The molecule has 0 atom stereocenters. The molecule has 0 radical (unpaired) electrons. The minimum atomic E-state index is -3.61. The van der Waals surface area contributed by atoms with Gasteiger partial charge in [-0.05, 0) is 24.1 Å². The lowest BCUT2D eigenvalue weighted by Gasteiger charge is -2.45. The zero-order valence-electron chi connectivity index (χ0n) is 11.8. The number of hydrogen-bond acceptors (Lipinski definition) is 4. The number of nitrogens with zero attached hydrogens (tertiary/aromatic N) is 1. The second-order valence-corrected chi connectivity index (χ2v) is 7.40. The highest BCUT2D eigenvalue weighted by molar-refractivity contribution is 7.89. The molecule has 0 unspecified atom stereocenters. The van der Waals surface area contributed by atoms with E-state index in [4.69, 9.17) is 5.11 Å². The standard InChI is InChI=1S/C14H19NO5S/c1-2-7-14(18)9-15(10-14)21(19,20)12-5-3-11(4-6-12)8-13(16)17/h3-6,18H,2,7-10H2,1H3,(H,16,17). The number of carboxylic acids is 1. The fourth-order valence-electron chi connectivity index (χ4n) is 2.51. The van der Waals surface area contributed by atoms with Crippen LogP contribution in [0.4, 0.5) is 0 Å². The van der Waals surface area contributed by atoms with Gasteiger partial charge in [0.2, 0.25) is 10.0 Å². The van der Waals surface area contributed by atoms with Crippen LogP contribution < -0.4 is 0 Å². The van der Waals surface area contributed by atoms with Gasteiger partial charge in [0.15, 0.2) is 0 Å². The predicted octanol–water partition coefficient (Wildman–Crippen LogP) is 0.849. The summed E-state index contributed by atoms with van der Waals surface area (Å²) < 4.78 is 25.9. The molecule has 0 spiro atoms. The van der Waals surface area contributed by atoms with Gasteiger partial charge < -0.3 is 10.2 Å². The first-order valence-corrected chi connectivity index (χ1v) is 8.24. The molecule has 0 saturated carbocycles. The van der Waals surface area contributed by atoms with Crippen LogP contribution in [0.15, 0.2) is 29.2 Å². The molecule has 0 aliphatic carbocycles. The number of hydrogen-bond donors (Lipinski definition) is 2. The molecule has 1 aliphatic rings. The molecule has 1 aliphatic heterocycles. The van der Waals surface area contributed by atoms with Crippen LogP contribution in [-0.2, 0) is 21.2 Å². The van der Waals surface area contributed by atoms with E-state index in [0.717, 1.165) is 6.42 Å². The first-order valence-electron chi connectivity index (χ1n) is 6.80. The number of aliphatic hydroxyl groups is 1. The Morgan fingerprint density at radius 2 is 1.86 bits per heavy atom. The van der Waals surface area contributed by atoms with E-state index in [0.29, 0.717) is 12.0 Å². The average molecular weight is 313 g/mol. The number of aliphatic carboxylic acids is 1. The molecule has 116 valence electrons. The first kappa shape index (κ1) is 15.9. The molecule has 7 heteroatoms. The Hall–Kier alpha value is -1.44. The van der Waals surface area contributed by atoms with Crippen molar-refractivity contribution in [3.8, 4) is 0 Å². The summed E-state index contributed by atoms with van der Waals surface area (Å²) in [5.41, 5.74) is -0.363. The summed E-state index contributed by atoms with van der Waals surface area (Å²) in [7, 11) is -3.61. The molecule has 1 fully saturated rings. The number of carbonyl (C=O) groups is 1. The highest BCUT2D eigenvalue weighted by Crippen LogP contribution is 2.31. The molecule has 0 amide bonds. The molecule has 1 aromatic rings. The summed E-state index contributed by atoms with van der Waals surface area (Å²) in [4.78, 5) is 10.7. The van der Waals surface area contributed by atoms with Crippen LogP contribution in [-0.4, -0.2) is 47.6 Å². The maximum Gasteiger partial charge on any atom is 0.307 e. The number of rotatable bonds is 6. The molecule has 1 aromatic carbocycles. The monoisotopic (exact) mass is 313 g/mol. The van der Waals surface area contributed by atoms with Crippen LogP contribution in [0, 0.1) is 0 Å². The van der Waals surface area contributed by atoms with Crippen molar-refractivity contribution in [3.63, 3.8) is 0 Å². The Balaban J connectivity index is 2.09. The van der Waals surface area contributed by atoms with Crippen molar-refractivity contribution < 1.29 is 23.4 Å². The largest absolute Gasteiger partial charge is 0.481 e. The Labute approximate surface area is 124 Å². The molecular formula is C14H19NO5S. The summed E-state index contributed by atoms with van der Waals surface area (Å²) >= 11 is 0. The van der Waals surface area contributed by atoms with Crippen LogP contribution >= 0.6 is 0 Å². The molecule has 2 N–H and O–H groups in total. The predicted molar refractivity (Wildman–Crippen MR) is 76.4 cm³/mol. The molecule has 21 heavy (non-hydrogen) atoms. The third-order valence-electron chi connectivity index (χ3n) is 3.57. The van der Waals surface area contributed by atoms with E-state index >= 15 is 0 Å². The van der Waals surface area contributed by atoms with Crippen molar-refractivity contribution in [2.45, 2.75) is 36.7 Å². The summed E-state index contributed by atoms with van der Waals surface area (Å²) in [6.07, 6.45) is 1.24. The number of benzene rings is 1. The quantitative estimate of drug-likeness (QED) is 0.812. The van der Waals surface area contributed by atoms with Crippen molar-refractivity contribution in [2.75, 3.05) is 13.1 Å². The van der Waals surface area contributed by atoms with E-state index in [-0.39, 0.29) is 24.4 Å². The number of sulfonamides is 1. The highest BCUT2D eigenvalue weighted by atomic mass is 32.2. The van der Waals surface area contributed by atoms with E-state index in [1.54, 1.807) is 0 Å². The number of β-amino-alcohol motifs (C(OH)–C–C–N with tert-alkyl or cyclic N) is 1. The van der Waals surface area contributed by atoms with E-state index in [1.807, 2.05) is 6.92 Å². The van der Waals surface area contributed by atoms with Gasteiger partial charge in [-0.15, -0.1) is 0 Å². The molecule has 1 saturated heterocycles. The Bertz CT molecular complexity index is 617. The van der Waals surface area contributed by atoms with Crippen LogP contribution in [0.1, 0.15) is 25.3 Å². The summed E-state index contributed by atoms with van der Waals surface area (Å²) in [6, 6.07) is 5.81. The smallest absolute Gasteiger partial charge is 0.307 e. The van der Waals surface area contributed by atoms with Gasteiger partial charge in [0.1, 0.15) is 0 Å². The fraction of sp³-hybridized carbons (Fsp3) is 0.500. The average Bonchev–Trinajstić information content (AvgIpc) is 2.36. The molecule has 2 rings (SSSR count). The zero-order chi connectivity index (χ0) is 15.7. The Kier molecular flexibility index (Phi) is 4.36. The zero-order valence-corrected chi connectivity index (χ0v) is 12.6. The molecular weight excluding hydrogens is 294 g/mol. The lowest BCUT2D eigenvalue weighted by Crippen LogP contribution is -2.63. The molecule has 1 heterocycles. The van der Waals surface area contributed by atoms with Gasteiger partial charge in [-0.1, -0.05) is 25.5 Å². The second kappa shape index (κ2) is 5.75. The van der Waals surface area contributed by atoms with Crippen molar-refractivity contribution in [1.82, 2.24) is 4.31 Å². The topological polar surface area (TPSA) is 94.9 Å². The third kappa shape index (κ3) is 3.42. The highest BCUT2D eigenvalue weighted by Gasteiger charge is 2.46. The van der Waals surface area contributed by atoms with Gasteiger partial charge in [0.25, 0.3) is 0 Å². The number of carboxylic acid groups (broad SMARTS) is 1. The fourth-order valence-corrected chi connectivity index (χ4v) is 4.11. The summed E-state index contributed by atoms with van der Waals surface area (Å²) in [6.45, 7) is 2.16. The van der Waals surface area contributed by atoms with E-state index in [9.17, 15) is 18.3 Å². The van der Waals surface area contributed by atoms with Crippen molar-refractivity contribution >= 4 is 16.0 Å². The van der Waals surface area contributed by atoms with E-state index in [1.165, 1.54) is 28.6 Å². The third-order valence-corrected chi connectivity index (χ3v) is 5.38. The Morgan fingerprint density at radius 3 is 2.33 bits per heavy atom. The van der Waals surface area contributed by atoms with Crippen molar-refractivity contribution in [3.05, 3.63) is 29.8 Å². The first-order chi connectivity index (χ1) is 9.77. The minimum Gasteiger partial charge on any atom is -0.481 e.